The third-order valence-corrected chi connectivity index (χ3v) is 4.13. The Hall–Kier alpha value is -0.580. The zero-order valence-corrected chi connectivity index (χ0v) is 13.9. The first-order chi connectivity index (χ1) is 9.69. The number of rotatable bonds is 7. The summed E-state index contributed by atoms with van der Waals surface area (Å²) in [7, 11) is 0. The first kappa shape index (κ1) is 15.8. The van der Waals surface area contributed by atoms with Crippen molar-refractivity contribution in [3.63, 3.8) is 0 Å². The third kappa shape index (κ3) is 4.76. The number of halogens is 1. The van der Waals surface area contributed by atoms with E-state index in [-0.39, 0.29) is 6.10 Å². The molecule has 0 saturated carbocycles. The quantitative estimate of drug-likeness (QED) is 0.767. The van der Waals surface area contributed by atoms with Gasteiger partial charge in [-0.25, -0.2) is 0 Å². The Morgan fingerprint density at radius 3 is 2.90 bits per heavy atom. The summed E-state index contributed by atoms with van der Waals surface area (Å²) in [6, 6.07) is 6.14. The fraction of sp³-hybridized carbons (Fsp3) is 0.625. The SMILES string of the molecule is CCCNCC1CCC(COc2ccc(C)cc2Br)O1. The predicted octanol–water partition coefficient (Wildman–Crippen LogP) is 3.68. The van der Waals surface area contributed by atoms with E-state index in [4.69, 9.17) is 9.47 Å². The molecule has 1 saturated heterocycles. The van der Waals surface area contributed by atoms with E-state index in [1.807, 2.05) is 6.07 Å². The third-order valence-electron chi connectivity index (χ3n) is 3.51. The van der Waals surface area contributed by atoms with Crippen molar-refractivity contribution in [1.82, 2.24) is 5.32 Å². The molecule has 0 radical (unpaired) electrons. The number of benzene rings is 1. The zero-order chi connectivity index (χ0) is 14.4. The molecule has 1 aliphatic rings. The standard InChI is InChI=1S/C16H24BrNO2/c1-3-8-18-10-13-5-6-14(20-13)11-19-16-7-4-12(2)9-15(16)17/h4,7,9,13-14,18H,3,5-6,8,10-11H2,1-2H3. The Morgan fingerprint density at radius 2 is 2.15 bits per heavy atom. The van der Waals surface area contributed by atoms with Crippen molar-refractivity contribution >= 4 is 15.9 Å². The van der Waals surface area contributed by atoms with Crippen LogP contribution in [0.15, 0.2) is 22.7 Å². The number of ether oxygens (including phenoxy) is 2. The van der Waals surface area contributed by atoms with Gasteiger partial charge in [0.05, 0.1) is 16.7 Å². The van der Waals surface area contributed by atoms with Crippen LogP contribution in [0.25, 0.3) is 0 Å². The molecule has 4 heteroatoms. The summed E-state index contributed by atoms with van der Waals surface area (Å²) < 4.78 is 12.9. The summed E-state index contributed by atoms with van der Waals surface area (Å²) in [6.07, 6.45) is 3.94. The van der Waals surface area contributed by atoms with Gasteiger partial charge in [-0.05, 0) is 66.4 Å². The van der Waals surface area contributed by atoms with Crippen molar-refractivity contribution in [3.05, 3.63) is 28.2 Å². The highest BCUT2D eigenvalue weighted by molar-refractivity contribution is 9.10. The van der Waals surface area contributed by atoms with E-state index >= 15 is 0 Å². The van der Waals surface area contributed by atoms with Crippen LogP contribution in [-0.2, 0) is 4.74 Å². The summed E-state index contributed by atoms with van der Waals surface area (Å²) in [5.74, 6) is 0.895. The first-order valence-electron chi connectivity index (χ1n) is 7.44. The van der Waals surface area contributed by atoms with Crippen LogP contribution in [0.2, 0.25) is 0 Å². The van der Waals surface area contributed by atoms with Crippen LogP contribution < -0.4 is 10.1 Å². The zero-order valence-electron chi connectivity index (χ0n) is 12.3. The van der Waals surface area contributed by atoms with Gasteiger partial charge in [0, 0.05) is 6.54 Å². The second-order valence-electron chi connectivity index (χ2n) is 5.41. The molecule has 1 aromatic carbocycles. The lowest BCUT2D eigenvalue weighted by Crippen LogP contribution is -2.28. The average Bonchev–Trinajstić information content (AvgIpc) is 2.86. The maximum atomic E-state index is 5.99. The average molecular weight is 342 g/mol. The first-order valence-corrected chi connectivity index (χ1v) is 8.23. The van der Waals surface area contributed by atoms with Gasteiger partial charge in [-0.1, -0.05) is 13.0 Å². The van der Waals surface area contributed by atoms with Crippen molar-refractivity contribution in [2.45, 2.75) is 45.3 Å². The van der Waals surface area contributed by atoms with Crippen LogP contribution >= 0.6 is 15.9 Å². The van der Waals surface area contributed by atoms with Crippen molar-refractivity contribution < 1.29 is 9.47 Å². The topological polar surface area (TPSA) is 30.5 Å². The van der Waals surface area contributed by atoms with E-state index in [2.05, 4.69) is 47.2 Å². The molecule has 1 fully saturated rings. The molecule has 112 valence electrons. The smallest absolute Gasteiger partial charge is 0.133 e. The Labute approximate surface area is 130 Å². The van der Waals surface area contributed by atoms with Crippen LogP contribution in [0.4, 0.5) is 0 Å². The van der Waals surface area contributed by atoms with Crippen LogP contribution in [0.1, 0.15) is 31.7 Å². The molecule has 1 aliphatic heterocycles. The second-order valence-corrected chi connectivity index (χ2v) is 6.26. The monoisotopic (exact) mass is 341 g/mol. The number of nitrogens with one attached hydrogen (secondary N) is 1. The van der Waals surface area contributed by atoms with Crippen LogP contribution in [-0.4, -0.2) is 31.9 Å². The molecule has 0 amide bonds. The summed E-state index contributed by atoms with van der Waals surface area (Å²) >= 11 is 3.53. The van der Waals surface area contributed by atoms with Gasteiger partial charge < -0.3 is 14.8 Å². The normalized spacial score (nSPS) is 22.1. The van der Waals surface area contributed by atoms with Crippen molar-refractivity contribution in [2.24, 2.45) is 0 Å². The molecule has 0 aromatic heterocycles. The van der Waals surface area contributed by atoms with Gasteiger partial charge in [-0.3, -0.25) is 0 Å². The van der Waals surface area contributed by atoms with Crippen LogP contribution in [0.5, 0.6) is 5.75 Å². The minimum atomic E-state index is 0.219. The van der Waals surface area contributed by atoms with Gasteiger partial charge in [-0.15, -0.1) is 0 Å². The molecular formula is C16H24BrNO2. The van der Waals surface area contributed by atoms with Gasteiger partial charge in [-0.2, -0.15) is 0 Å². The molecule has 20 heavy (non-hydrogen) atoms. The van der Waals surface area contributed by atoms with Crippen molar-refractivity contribution in [2.75, 3.05) is 19.7 Å². The summed E-state index contributed by atoms with van der Waals surface area (Å²) in [4.78, 5) is 0. The van der Waals surface area contributed by atoms with Crippen molar-refractivity contribution in [3.8, 4) is 5.75 Å². The highest BCUT2D eigenvalue weighted by Crippen LogP contribution is 2.27. The van der Waals surface area contributed by atoms with E-state index < -0.39 is 0 Å². The van der Waals surface area contributed by atoms with Gasteiger partial charge >= 0.3 is 0 Å². The minimum absolute atomic E-state index is 0.219. The van der Waals surface area contributed by atoms with E-state index in [0.717, 1.165) is 36.2 Å². The molecule has 2 unspecified atom stereocenters. The Morgan fingerprint density at radius 1 is 1.35 bits per heavy atom. The van der Waals surface area contributed by atoms with E-state index in [1.54, 1.807) is 0 Å². The van der Waals surface area contributed by atoms with Crippen LogP contribution in [0.3, 0.4) is 0 Å². The summed E-state index contributed by atoms with van der Waals surface area (Å²) in [6.45, 7) is 6.91. The van der Waals surface area contributed by atoms with E-state index in [9.17, 15) is 0 Å². The van der Waals surface area contributed by atoms with Crippen LogP contribution in [0, 0.1) is 6.92 Å². The Kier molecular flexibility index (Phi) is 6.33. The lowest BCUT2D eigenvalue weighted by Gasteiger charge is -2.16. The molecule has 1 heterocycles. The molecule has 1 aromatic rings. The van der Waals surface area contributed by atoms with Gasteiger partial charge in [0.1, 0.15) is 12.4 Å². The summed E-state index contributed by atoms with van der Waals surface area (Å²) in [5.41, 5.74) is 1.23. The maximum absolute atomic E-state index is 5.99. The van der Waals surface area contributed by atoms with Crippen molar-refractivity contribution in [1.29, 1.82) is 0 Å². The van der Waals surface area contributed by atoms with Gasteiger partial charge in [0.2, 0.25) is 0 Å². The maximum Gasteiger partial charge on any atom is 0.133 e. The molecule has 0 spiro atoms. The lowest BCUT2D eigenvalue weighted by atomic mass is 10.2. The minimum Gasteiger partial charge on any atom is -0.490 e. The predicted molar refractivity (Wildman–Crippen MR) is 85.4 cm³/mol. The molecule has 2 rings (SSSR count). The van der Waals surface area contributed by atoms with Gasteiger partial charge in [0.25, 0.3) is 0 Å². The molecule has 3 nitrogen and oxygen atoms in total. The highest BCUT2D eigenvalue weighted by Gasteiger charge is 2.25. The van der Waals surface area contributed by atoms with E-state index in [0.29, 0.717) is 12.7 Å². The molecule has 2 atom stereocenters. The Bertz CT molecular complexity index is 425. The number of hydrogen-bond donors (Lipinski definition) is 1. The van der Waals surface area contributed by atoms with E-state index in [1.165, 1.54) is 12.0 Å². The Balaban J connectivity index is 1.72. The molecule has 0 bridgehead atoms. The lowest BCUT2D eigenvalue weighted by molar-refractivity contribution is 0.0185. The molecule has 1 N–H and O–H groups in total. The summed E-state index contributed by atoms with van der Waals surface area (Å²) in [5, 5.41) is 3.41. The molecule has 0 aliphatic carbocycles. The largest absolute Gasteiger partial charge is 0.490 e. The number of aryl methyl sites for hydroxylation is 1. The fourth-order valence-corrected chi connectivity index (χ4v) is 3.01. The highest BCUT2D eigenvalue weighted by atomic mass is 79.9. The fourth-order valence-electron chi connectivity index (χ4n) is 2.40. The van der Waals surface area contributed by atoms with Gasteiger partial charge in [0.15, 0.2) is 0 Å². The second kappa shape index (κ2) is 8.01. The molecular weight excluding hydrogens is 318 g/mol. The number of hydrogen-bond acceptors (Lipinski definition) is 3.